The molecule has 0 aliphatic heterocycles. The smallest absolute Gasteiger partial charge is 0.332 e. The number of rotatable bonds is 8. The van der Waals surface area contributed by atoms with E-state index in [1.807, 2.05) is 11.5 Å². The first-order valence-electron chi connectivity index (χ1n) is 10.2. The minimum atomic E-state index is -1.32. The summed E-state index contributed by atoms with van der Waals surface area (Å²) in [4.78, 5) is 56.5. The van der Waals surface area contributed by atoms with E-state index in [0.29, 0.717) is 22.4 Å². The molecule has 3 rings (SSSR count). The molecular weight excluding hydrogens is 458 g/mol. The van der Waals surface area contributed by atoms with Gasteiger partial charge in [-0.05, 0) is 25.1 Å². The summed E-state index contributed by atoms with van der Waals surface area (Å²) in [5.41, 5.74) is 8.53. The normalized spacial score (nSPS) is 12.0. The number of nitrogens with zero attached hydrogens (tertiary/aromatic N) is 4. The number of fused-ring (bicyclic) bond motifs is 1. The SMILES string of the molecule is COC(=O)[C@H](Cc1nc2ccccc2nc1C)/C(=N/NC(N)=O)C(=O)Nc1cccc([N+](=O)[O-])c1. The summed E-state index contributed by atoms with van der Waals surface area (Å²) in [5.74, 6) is -3.07. The van der Waals surface area contributed by atoms with E-state index in [1.165, 1.54) is 18.2 Å². The minimum absolute atomic E-state index is 0.0706. The summed E-state index contributed by atoms with van der Waals surface area (Å²) < 4.78 is 4.87. The Morgan fingerprint density at radius 3 is 2.46 bits per heavy atom. The number of hydrazone groups is 1. The van der Waals surface area contributed by atoms with E-state index in [9.17, 15) is 24.5 Å². The van der Waals surface area contributed by atoms with Crippen molar-refractivity contribution in [1.82, 2.24) is 15.4 Å². The molecule has 1 heterocycles. The number of hydrogen-bond donors (Lipinski definition) is 3. The maximum absolute atomic E-state index is 13.1. The lowest BCUT2D eigenvalue weighted by Crippen LogP contribution is -2.39. The van der Waals surface area contributed by atoms with E-state index >= 15 is 0 Å². The van der Waals surface area contributed by atoms with Crippen molar-refractivity contribution in [3.63, 3.8) is 0 Å². The molecule has 0 radical (unpaired) electrons. The second kappa shape index (κ2) is 10.8. The first-order chi connectivity index (χ1) is 16.7. The van der Waals surface area contributed by atoms with Gasteiger partial charge in [-0.25, -0.2) is 20.2 Å². The van der Waals surface area contributed by atoms with Gasteiger partial charge in [0.05, 0.1) is 34.5 Å². The molecule has 2 aromatic carbocycles. The molecule has 0 saturated carbocycles. The zero-order valence-corrected chi connectivity index (χ0v) is 18.7. The van der Waals surface area contributed by atoms with Crippen LogP contribution in [-0.2, 0) is 20.7 Å². The number of nitro groups is 1. The number of esters is 1. The first-order valence-corrected chi connectivity index (χ1v) is 10.2. The van der Waals surface area contributed by atoms with Gasteiger partial charge in [0.1, 0.15) is 11.6 Å². The van der Waals surface area contributed by atoms with Crippen LogP contribution in [0.25, 0.3) is 11.0 Å². The summed E-state index contributed by atoms with van der Waals surface area (Å²) in [6.07, 6.45) is -0.141. The average molecular weight is 479 g/mol. The Bertz CT molecular complexity index is 1340. The Kier molecular flexibility index (Phi) is 7.61. The van der Waals surface area contributed by atoms with Crippen molar-refractivity contribution < 1.29 is 24.0 Å². The van der Waals surface area contributed by atoms with E-state index in [0.717, 1.165) is 13.2 Å². The number of amides is 3. The monoisotopic (exact) mass is 479 g/mol. The number of aryl methyl sites for hydroxylation is 1. The molecule has 0 spiro atoms. The van der Waals surface area contributed by atoms with Gasteiger partial charge in [-0.15, -0.1) is 0 Å². The van der Waals surface area contributed by atoms with Crippen LogP contribution in [0, 0.1) is 23.0 Å². The van der Waals surface area contributed by atoms with Crippen LogP contribution in [0.2, 0.25) is 0 Å². The number of urea groups is 1. The molecule has 180 valence electrons. The van der Waals surface area contributed by atoms with E-state index < -0.39 is 34.5 Å². The fraction of sp³-hybridized carbons (Fsp3) is 0.182. The van der Waals surface area contributed by atoms with Crippen molar-refractivity contribution in [2.24, 2.45) is 16.8 Å². The quantitative estimate of drug-likeness (QED) is 0.188. The number of non-ortho nitro benzene ring substituents is 1. The molecule has 13 nitrogen and oxygen atoms in total. The third-order valence-electron chi connectivity index (χ3n) is 4.89. The minimum Gasteiger partial charge on any atom is -0.468 e. The maximum Gasteiger partial charge on any atom is 0.332 e. The summed E-state index contributed by atoms with van der Waals surface area (Å²) in [7, 11) is 1.13. The average Bonchev–Trinajstić information content (AvgIpc) is 2.83. The molecule has 3 amide bonds. The van der Waals surface area contributed by atoms with Gasteiger partial charge in [0, 0.05) is 24.2 Å². The number of anilines is 1. The highest BCUT2D eigenvalue weighted by atomic mass is 16.6. The Labute approximate surface area is 198 Å². The number of nitrogens with one attached hydrogen (secondary N) is 2. The number of carbonyl (C=O) groups excluding carboxylic acids is 3. The van der Waals surface area contributed by atoms with Gasteiger partial charge in [0.25, 0.3) is 11.6 Å². The van der Waals surface area contributed by atoms with Crippen molar-refractivity contribution in [1.29, 1.82) is 0 Å². The number of para-hydroxylation sites is 2. The lowest BCUT2D eigenvalue weighted by atomic mass is 9.95. The van der Waals surface area contributed by atoms with Crippen LogP contribution in [-0.4, -0.2) is 45.6 Å². The van der Waals surface area contributed by atoms with Gasteiger partial charge >= 0.3 is 12.0 Å². The zero-order valence-electron chi connectivity index (χ0n) is 18.7. The van der Waals surface area contributed by atoms with Crippen LogP contribution in [0.15, 0.2) is 53.6 Å². The number of ether oxygens (including phenoxy) is 1. The highest BCUT2D eigenvalue weighted by Gasteiger charge is 2.33. The van der Waals surface area contributed by atoms with E-state index in [-0.39, 0.29) is 17.8 Å². The molecule has 0 saturated heterocycles. The van der Waals surface area contributed by atoms with Crippen LogP contribution in [0.3, 0.4) is 0 Å². The molecule has 0 aliphatic rings. The molecule has 0 unspecified atom stereocenters. The molecule has 0 aliphatic carbocycles. The molecule has 0 fully saturated rings. The van der Waals surface area contributed by atoms with Crippen LogP contribution in [0.5, 0.6) is 0 Å². The van der Waals surface area contributed by atoms with Gasteiger partial charge in [-0.3, -0.25) is 19.7 Å². The van der Waals surface area contributed by atoms with Crippen LogP contribution >= 0.6 is 0 Å². The van der Waals surface area contributed by atoms with Gasteiger partial charge in [-0.2, -0.15) is 5.10 Å². The number of aromatic nitrogens is 2. The van der Waals surface area contributed by atoms with Gasteiger partial charge in [0.15, 0.2) is 0 Å². The lowest BCUT2D eigenvalue weighted by molar-refractivity contribution is -0.384. The Hall–Kier alpha value is -4.94. The number of nitro benzene ring substituents is 1. The van der Waals surface area contributed by atoms with Crippen molar-refractivity contribution >= 4 is 46.0 Å². The number of methoxy groups -OCH3 is 1. The predicted molar refractivity (Wildman–Crippen MR) is 125 cm³/mol. The van der Waals surface area contributed by atoms with Crippen molar-refractivity contribution in [2.75, 3.05) is 12.4 Å². The van der Waals surface area contributed by atoms with Crippen molar-refractivity contribution in [2.45, 2.75) is 13.3 Å². The molecule has 3 aromatic rings. The highest BCUT2D eigenvalue weighted by molar-refractivity contribution is 6.46. The molecule has 0 bridgehead atoms. The van der Waals surface area contributed by atoms with Crippen molar-refractivity contribution in [3.8, 4) is 0 Å². The molecule has 35 heavy (non-hydrogen) atoms. The Morgan fingerprint density at radius 2 is 1.83 bits per heavy atom. The largest absolute Gasteiger partial charge is 0.468 e. The van der Waals surface area contributed by atoms with Crippen LogP contribution < -0.4 is 16.5 Å². The van der Waals surface area contributed by atoms with Gasteiger partial charge in [0.2, 0.25) is 0 Å². The number of benzene rings is 2. The third kappa shape index (κ3) is 6.10. The zero-order chi connectivity index (χ0) is 25.5. The first kappa shape index (κ1) is 24.7. The molecule has 13 heteroatoms. The Morgan fingerprint density at radius 1 is 1.14 bits per heavy atom. The van der Waals surface area contributed by atoms with E-state index in [1.54, 1.807) is 25.1 Å². The van der Waals surface area contributed by atoms with Gasteiger partial charge in [-0.1, -0.05) is 18.2 Å². The van der Waals surface area contributed by atoms with E-state index in [4.69, 9.17) is 10.5 Å². The van der Waals surface area contributed by atoms with Crippen molar-refractivity contribution in [3.05, 3.63) is 70.0 Å². The summed E-state index contributed by atoms with van der Waals surface area (Å²) in [6, 6.07) is 11.2. The standard InChI is InChI=1S/C22H21N7O6/c1-12-18(26-17-9-4-3-8-16(17)24-12)11-15(21(31)35-2)19(27-28-22(23)32)20(30)25-13-6-5-7-14(10-13)29(33)34/h3-10,15H,11H2,1-2H3,(H,25,30)(H3,23,28,32)/b27-19-/t15-/m1/s1. The topological polar surface area (TPSA) is 192 Å². The van der Waals surface area contributed by atoms with Crippen LogP contribution in [0.4, 0.5) is 16.2 Å². The number of carbonyl (C=O) groups is 3. The Balaban J connectivity index is 2.00. The molecular formula is C22H21N7O6. The molecule has 4 N–H and O–H groups in total. The number of primary amides is 1. The third-order valence-corrected chi connectivity index (χ3v) is 4.89. The molecule has 1 aromatic heterocycles. The fourth-order valence-corrected chi connectivity index (χ4v) is 3.24. The van der Waals surface area contributed by atoms with E-state index in [2.05, 4.69) is 20.4 Å². The summed E-state index contributed by atoms with van der Waals surface area (Å²) in [5, 5.41) is 17.2. The second-order valence-corrected chi connectivity index (χ2v) is 7.26. The second-order valence-electron chi connectivity index (χ2n) is 7.26. The molecule has 1 atom stereocenters. The number of hydrogen-bond acceptors (Lipinski definition) is 9. The number of nitrogens with two attached hydrogens (primary N) is 1. The maximum atomic E-state index is 13.1. The van der Waals surface area contributed by atoms with Crippen LogP contribution in [0.1, 0.15) is 11.4 Å². The lowest BCUT2D eigenvalue weighted by Gasteiger charge is -2.18. The van der Waals surface area contributed by atoms with Gasteiger partial charge < -0.3 is 15.8 Å². The summed E-state index contributed by atoms with van der Waals surface area (Å²) in [6.45, 7) is 1.70. The highest BCUT2D eigenvalue weighted by Crippen LogP contribution is 2.20. The predicted octanol–water partition coefficient (Wildman–Crippen LogP) is 1.84. The fourth-order valence-electron chi connectivity index (χ4n) is 3.24. The summed E-state index contributed by atoms with van der Waals surface area (Å²) >= 11 is 0.